The van der Waals surface area contributed by atoms with E-state index in [2.05, 4.69) is 15.3 Å². The highest BCUT2D eigenvalue weighted by atomic mass is 16.6. The summed E-state index contributed by atoms with van der Waals surface area (Å²) in [4.78, 5) is 28.1. The van der Waals surface area contributed by atoms with Crippen LogP contribution in [0.25, 0.3) is 0 Å². The number of ether oxygens (including phenoxy) is 1. The quantitative estimate of drug-likeness (QED) is 0.557. The molecule has 0 aromatic carbocycles. The Balaban J connectivity index is 2.95. The van der Waals surface area contributed by atoms with Crippen molar-refractivity contribution in [2.24, 2.45) is 5.92 Å². The maximum Gasteiger partial charge on any atom is 0.372 e. The number of carbonyl (C=O) groups is 1. The van der Waals surface area contributed by atoms with E-state index in [1.165, 1.54) is 14.0 Å². The second-order valence-electron chi connectivity index (χ2n) is 3.46. The molecule has 0 bridgehead atoms. The maximum absolute atomic E-state index is 10.9. The normalized spacial score (nSPS) is 11.7. The van der Waals surface area contributed by atoms with Gasteiger partial charge >= 0.3 is 11.7 Å². The van der Waals surface area contributed by atoms with Crippen molar-refractivity contribution in [1.82, 2.24) is 9.97 Å². The first-order valence-electron chi connectivity index (χ1n) is 4.97. The molecule has 1 atom stereocenters. The molecule has 0 amide bonds. The largest absolute Gasteiger partial charge is 0.481 e. The number of nitro groups is 1. The number of carboxylic acid groups (broad SMARTS) is 1. The van der Waals surface area contributed by atoms with Crippen molar-refractivity contribution in [3.63, 3.8) is 0 Å². The van der Waals surface area contributed by atoms with Crippen LogP contribution in [-0.2, 0) is 4.79 Å². The summed E-state index contributed by atoms with van der Waals surface area (Å²) < 4.78 is 4.75. The summed E-state index contributed by atoms with van der Waals surface area (Å²) in [6.45, 7) is 1.48. The standard InChI is InChI=1S/C9H12N4O5/c1-5(9(14)15)3-10-7-6(13(16)17)8(18-2)12-4-11-7/h4-5H,3H2,1-2H3,(H,14,15)(H,10,11,12). The lowest BCUT2D eigenvalue weighted by atomic mass is 10.2. The van der Waals surface area contributed by atoms with Gasteiger partial charge in [0.15, 0.2) is 0 Å². The number of aromatic nitrogens is 2. The van der Waals surface area contributed by atoms with E-state index in [9.17, 15) is 14.9 Å². The lowest BCUT2D eigenvalue weighted by Crippen LogP contribution is -2.20. The van der Waals surface area contributed by atoms with Crippen molar-refractivity contribution in [1.29, 1.82) is 0 Å². The lowest BCUT2D eigenvalue weighted by Gasteiger charge is -2.09. The molecule has 0 saturated heterocycles. The molecule has 2 N–H and O–H groups in total. The SMILES string of the molecule is COc1ncnc(NCC(C)C(=O)O)c1[N+](=O)[O-]. The van der Waals surface area contributed by atoms with Crippen molar-refractivity contribution < 1.29 is 19.6 Å². The zero-order valence-electron chi connectivity index (χ0n) is 9.78. The smallest absolute Gasteiger partial charge is 0.372 e. The van der Waals surface area contributed by atoms with Crippen LogP contribution >= 0.6 is 0 Å². The highest BCUT2D eigenvalue weighted by Gasteiger charge is 2.24. The van der Waals surface area contributed by atoms with Crippen molar-refractivity contribution >= 4 is 17.5 Å². The van der Waals surface area contributed by atoms with E-state index in [-0.39, 0.29) is 18.2 Å². The third-order valence-electron chi connectivity index (χ3n) is 2.16. The zero-order chi connectivity index (χ0) is 13.7. The fraction of sp³-hybridized carbons (Fsp3) is 0.444. The van der Waals surface area contributed by atoms with Gasteiger partial charge in [0.1, 0.15) is 6.33 Å². The Bertz CT molecular complexity index is 464. The van der Waals surface area contributed by atoms with Gasteiger partial charge in [-0.05, 0) is 0 Å². The van der Waals surface area contributed by atoms with Gasteiger partial charge in [-0.25, -0.2) is 4.98 Å². The third-order valence-corrected chi connectivity index (χ3v) is 2.16. The van der Waals surface area contributed by atoms with Crippen LogP contribution in [-0.4, -0.2) is 39.6 Å². The van der Waals surface area contributed by atoms with Crippen molar-refractivity contribution in [2.75, 3.05) is 19.0 Å². The fourth-order valence-electron chi connectivity index (χ4n) is 1.14. The average molecular weight is 256 g/mol. The molecule has 0 radical (unpaired) electrons. The highest BCUT2D eigenvalue weighted by Crippen LogP contribution is 2.30. The molecular weight excluding hydrogens is 244 g/mol. The van der Waals surface area contributed by atoms with Gasteiger partial charge in [-0.15, -0.1) is 0 Å². The number of carboxylic acids is 1. The van der Waals surface area contributed by atoms with E-state index in [1.807, 2.05) is 0 Å². The number of aliphatic carboxylic acids is 1. The molecular formula is C9H12N4O5. The molecule has 18 heavy (non-hydrogen) atoms. The molecule has 0 fully saturated rings. The zero-order valence-corrected chi connectivity index (χ0v) is 9.78. The first-order chi connectivity index (χ1) is 8.47. The molecule has 1 aromatic rings. The molecule has 98 valence electrons. The van der Waals surface area contributed by atoms with Crippen molar-refractivity contribution in [2.45, 2.75) is 6.92 Å². The molecule has 1 heterocycles. The number of hydrogen-bond donors (Lipinski definition) is 2. The second kappa shape index (κ2) is 5.75. The van der Waals surface area contributed by atoms with E-state index in [4.69, 9.17) is 9.84 Å². The van der Waals surface area contributed by atoms with E-state index < -0.39 is 22.5 Å². The van der Waals surface area contributed by atoms with Gasteiger partial charge in [-0.2, -0.15) is 4.98 Å². The minimum atomic E-state index is -1.01. The summed E-state index contributed by atoms with van der Waals surface area (Å²) in [7, 11) is 1.25. The van der Waals surface area contributed by atoms with Gasteiger partial charge in [0, 0.05) is 6.54 Å². The van der Waals surface area contributed by atoms with E-state index in [1.54, 1.807) is 0 Å². The number of methoxy groups -OCH3 is 1. The molecule has 0 aliphatic rings. The van der Waals surface area contributed by atoms with Crippen LogP contribution in [0.5, 0.6) is 5.88 Å². The first kappa shape index (κ1) is 13.6. The second-order valence-corrected chi connectivity index (χ2v) is 3.46. The summed E-state index contributed by atoms with van der Waals surface area (Å²) in [6, 6.07) is 0. The number of nitrogens with zero attached hydrogens (tertiary/aromatic N) is 3. The van der Waals surface area contributed by atoms with Gasteiger partial charge in [-0.1, -0.05) is 6.92 Å². The Morgan fingerprint density at radius 1 is 1.67 bits per heavy atom. The van der Waals surface area contributed by atoms with Crippen LogP contribution in [0.4, 0.5) is 11.5 Å². The molecule has 1 rings (SSSR count). The average Bonchev–Trinajstić information content (AvgIpc) is 2.34. The Morgan fingerprint density at radius 2 is 2.33 bits per heavy atom. The van der Waals surface area contributed by atoms with E-state index in [0.717, 1.165) is 6.33 Å². The van der Waals surface area contributed by atoms with E-state index in [0.29, 0.717) is 0 Å². The van der Waals surface area contributed by atoms with Gasteiger partial charge in [-0.3, -0.25) is 14.9 Å². The minimum absolute atomic E-state index is 0.0103. The number of anilines is 1. The van der Waals surface area contributed by atoms with Crippen LogP contribution in [0.1, 0.15) is 6.92 Å². The molecule has 0 saturated carbocycles. The van der Waals surface area contributed by atoms with Crippen molar-refractivity contribution in [3.05, 3.63) is 16.4 Å². The molecule has 0 aliphatic carbocycles. The van der Waals surface area contributed by atoms with Gasteiger partial charge in [0.2, 0.25) is 5.82 Å². The van der Waals surface area contributed by atoms with E-state index >= 15 is 0 Å². The Kier molecular flexibility index (Phi) is 4.35. The monoisotopic (exact) mass is 256 g/mol. The van der Waals surface area contributed by atoms with Crippen LogP contribution in [0.15, 0.2) is 6.33 Å². The Labute approximate surface area is 102 Å². The topological polar surface area (TPSA) is 127 Å². The maximum atomic E-state index is 10.9. The van der Waals surface area contributed by atoms with Gasteiger partial charge < -0.3 is 15.2 Å². The van der Waals surface area contributed by atoms with Gasteiger partial charge in [0.05, 0.1) is 18.0 Å². The first-order valence-corrected chi connectivity index (χ1v) is 4.97. The summed E-state index contributed by atoms with van der Waals surface area (Å²) in [5.41, 5.74) is -0.419. The summed E-state index contributed by atoms with van der Waals surface area (Å²) in [5, 5.41) is 22.2. The number of rotatable bonds is 6. The molecule has 1 aromatic heterocycles. The summed E-state index contributed by atoms with van der Waals surface area (Å²) in [5.74, 6) is -1.96. The molecule has 9 heteroatoms. The van der Waals surface area contributed by atoms with Crippen LogP contribution in [0.3, 0.4) is 0 Å². The van der Waals surface area contributed by atoms with Crippen LogP contribution in [0, 0.1) is 16.0 Å². The molecule has 1 unspecified atom stereocenters. The Hall–Kier alpha value is -2.45. The lowest BCUT2D eigenvalue weighted by molar-refractivity contribution is -0.385. The van der Waals surface area contributed by atoms with Crippen LogP contribution in [0.2, 0.25) is 0 Å². The fourth-order valence-corrected chi connectivity index (χ4v) is 1.14. The summed E-state index contributed by atoms with van der Waals surface area (Å²) in [6.07, 6.45) is 1.10. The summed E-state index contributed by atoms with van der Waals surface area (Å²) >= 11 is 0. The Morgan fingerprint density at radius 3 is 2.83 bits per heavy atom. The number of hydrogen-bond acceptors (Lipinski definition) is 7. The molecule has 0 aliphatic heterocycles. The van der Waals surface area contributed by atoms with Gasteiger partial charge in [0.25, 0.3) is 5.88 Å². The predicted octanol–water partition coefficient (Wildman–Crippen LogP) is 0.526. The predicted molar refractivity (Wildman–Crippen MR) is 60.5 cm³/mol. The molecule has 0 spiro atoms. The highest BCUT2D eigenvalue weighted by molar-refractivity contribution is 5.70. The van der Waals surface area contributed by atoms with Crippen LogP contribution < -0.4 is 10.1 Å². The minimum Gasteiger partial charge on any atom is -0.481 e. The third kappa shape index (κ3) is 3.03. The van der Waals surface area contributed by atoms with Crippen molar-refractivity contribution in [3.8, 4) is 5.88 Å². The molecule has 9 nitrogen and oxygen atoms in total. The number of nitrogens with one attached hydrogen (secondary N) is 1.